The highest BCUT2D eigenvalue weighted by Gasteiger charge is 2.11. The molecule has 0 amide bonds. The lowest BCUT2D eigenvalue weighted by molar-refractivity contribution is 0.279. The summed E-state index contributed by atoms with van der Waals surface area (Å²) >= 11 is 3.38. The molecular weight excluding hydrogens is 293 g/mol. The molecule has 0 fully saturated rings. The van der Waals surface area contributed by atoms with E-state index in [0.717, 1.165) is 22.2 Å². The standard InChI is InChI=1S/C11H16BrNO2.ClH/c1-15-11-7-8(12)4-5-9(11)10(13)3-2-6-14;/h4-5,7,10,14H,2-3,6,13H2,1H3;1H/t10-;/m1./s1. The zero-order chi connectivity index (χ0) is 11.3. The molecule has 1 atom stereocenters. The molecule has 3 N–H and O–H groups in total. The summed E-state index contributed by atoms with van der Waals surface area (Å²) in [5.74, 6) is 0.787. The predicted molar refractivity (Wildman–Crippen MR) is 71.2 cm³/mol. The van der Waals surface area contributed by atoms with Crippen LogP contribution in [0.2, 0.25) is 0 Å². The molecule has 0 aliphatic carbocycles. The Balaban J connectivity index is 0.00000225. The van der Waals surface area contributed by atoms with Crippen LogP contribution in [-0.4, -0.2) is 18.8 Å². The first-order chi connectivity index (χ1) is 7.19. The molecule has 0 aromatic heterocycles. The quantitative estimate of drug-likeness (QED) is 0.879. The number of aliphatic hydroxyl groups excluding tert-OH is 1. The molecular formula is C11H17BrClNO2. The monoisotopic (exact) mass is 309 g/mol. The van der Waals surface area contributed by atoms with Crippen LogP contribution in [0.25, 0.3) is 0 Å². The van der Waals surface area contributed by atoms with E-state index in [-0.39, 0.29) is 25.1 Å². The van der Waals surface area contributed by atoms with E-state index in [2.05, 4.69) is 15.9 Å². The van der Waals surface area contributed by atoms with Crippen molar-refractivity contribution in [3.63, 3.8) is 0 Å². The zero-order valence-corrected chi connectivity index (χ0v) is 11.6. The first kappa shape index (κ1) is 15.7. The summed E-state index contributed by atoms with van der Waals surface area (Å²) in [6.45, 7) is 0.173. The molecule has 0 aliphatic rings. The van der Waals surface area contributed by atoms with Crippen LogP contribution in [0.1, 0.15) is 24.4 Å². The Bertz CT molecular complexity index is 323. The second kappa shape index (κ2) is 7.90. The molecule has 92 valence electrons. The van der Waals surface area contributed by atoms with Crippen molar-refractivity contribution in [1.29, 1.82) is 0 Å². The lowest BCUT2D eigenvalue weighted by Gasteiger charge is -2.15. The maximum Gasteiger partial charge on any atom is 0.124 e. The topological polar surface area (TPSA) is 55.5 Å². The van der Waals surface area contributed by atoms with Crippen molar-refractivity contribution in [1.82, 2.24) is 0 Å². The van der Waals surface area contributed by atoms with E-state index in [1.165, 1.54) is 0 Å². The fourth-order valence-electron chi connectivity index (χ4n) is 1.46. The van der Waals surface area contributed by atoms with Gasteiger partial charge in [0.25, 0.3) is 0 Å². The van der Waals surface area contributed by atoms with Gasteiger partial charge in [-0.3, -0.25) is 0 Å². The number of rotatable bonds is 5. The molecule has 0 bridgehead atoms. The fraction of sp³-hybridized carbons (Fsp3) is 0.455. The highest BCUT2D eigenvalue weighted by Crippen LogP contribution is 2.29. The minimum Gasteiger partial charge on any atom is -0.496 e. The summed E-state index contributed by atoms with van der Waals surface area (Å²) in [5, 5.41) is 8.74. The van der Waals surface area contributed by atoms with Crippen LogP contribution >= 0.6 is 28.3 Å². The van der Waals surface area contributed by atoms with Crippen LogP contribution in [0.4, 0.5) is 0 Å². The number of ether oxygens (including phenoxy) is 1. The Morgan fingerprint density at radius 1 is 1.50 bits per heavy atom. The number of hydrogen-bond donors (Lipinski definition) is 2. The Kier molecular flexibility index (Phi) is 7.76. The van der Waals surface area contributed by atoms with Gasteiger partial charge < -0.3 is 15.6 Å². The number of nitrogens with two attached hydrogens (primary N) is 1. The van der Waals surface area contributed by atoms with E-state index in [1.54, 1.807) is 7.11 Å². The van der Waals surface area contributed by atoms with E-state index >= 15 is 0 Å². The van der Waals surface area contributed by atoms with E-state index < -0.39 is 0 Å². The van der Waals surface area contributed by atoms with Crippen molar-refractivity contribution in [2.75, 3.05) is 13.7 Å². The highest BCUT2D eigenvalue weighted by molar-refractivity contribution is 9.10. The molecule has 16 heavy (non-hydrogen) atoms. The van der Waals surface area contributed by atoms with Crippen molar-refractivity contribution < 1.29 is 9.84 Å². The molecule has 0 saturated heterocycles. The lowest BCUT2D eigenvalue weighted by atomic mass is 10.0. The zero-order valence-electron chi connectivity index (χ0n) is 9.15. The van der Waals surface area contributed by atoms with E-state index in [1.807, 2.05) is 18.2 Å². The Hall–Kier alpha value is -0.290. The normalized spacial score (nSPS) is 11.8. The molecule has 1 aromatic carbocycles. The summed E-state index contributed by atoms with van der Waals surface area (Å²) in [5.41, 5.74) is 6.98. The van der Waals surface area contributed by atoms with Crippen molar-refractivity contribution in [2.45, 2.75) is 18.9 Å². The van der Waals surface area contributed by atoms with Gasteiger partial charge >= 0.3 is 0 Å². The molecule has 0 unspecified atom stereocenters. The Labute approximate surface area is 111 Å². The smallest absolute Gasteiger partial charge is 0.124 e. The van der Waals surface area contributed by atoms with E-state index in [9.17, 15) is 0 Å². The van der Waals surface area contributed by atoms with Crippen LogP contribution in [-0.2, 0) is 0 Å². The van der Waals surface area contributed by atoms with Gasteiger partial charge in [-0.25, -0.2) is 0 Å². The minimum atomic E-state index is -0.0831. The second-order valence-electron chi connectivity index (χ2n) is 3.36. The van der Waals surface area contributed by atoms with Crippen LogP contribution in [0, 0.1) is 0 Å². The van der Waals surface area contributed by atoms with Gasteiger partial charge in [0.05, 0.1) is 7.11 Å². The van der Waals surface area contributed by atoms with Gasteiger partial charge in [0.1, 0.15) is 5.75 Å². The third-order valence-corrected chi connectivity index (χ3v) is 2.76. The summed E-state index contributed by atoms with van der Waals surface area (Å²) in [7, 11) is 1.63. The first-order valence-corrected chi connectivity index (χ1v) is 5.68. The average molecular weight is 311 g/mol. The molecule has 0 heterocycles. The van der Waals surface area contributed by atoms with Crippen LogP contribution in [0.5, 0.6) is 5.75 Å². The van der Waals surface area contributed by atoms with Crippen molar-refractivity contribution in [3.05, 3.63) is 28.2 Å². The lowest BCUT2D eigenvalue weighted by Crippen LogP contribution is -2.12. The maximum absolute atomic E-state index is 8.74. The van der Waals surface area contributed by atoms with Crippen molar-refractivity contribution in [2.24, 2.45) is 5.73 Å². The Morgan fingerprint density at radius 2 is 2.19 bits per heavy atom. The molecule has 3 nitrogen and oxygen atoms in total. The third-order valence-electron chi connectivity index (χ3n) is 2.27. The van der Waals surface area contributed by atoms with Gasteiger partial charge in [-0.05, 0) is 25.0 Å². The summed E-state index contributed by atoms with van der Waals surface area (Å²) < 4.78 is 6.22. The highest BCUT2D eigenvalue weighted by atomic mass is 79.9. The minimum absolute atomic E-state index is 0. The maximum atomic E-state index is 8.74. The van der Waals surface area contributed by atoms with Crippen LogP contribution < -0.4 is 10.5 Å². The molecule has 0 radical (unpaired) electrons. The summed E-state index contributed by atoms with van der Waals surface area (Å²) in [6, 6.07) is 5.70. The molecule has 5 heteroatoms. The molecule has 1 rings (SSSR count). The average Bonchev–Trinajstić information content (AvgIpc) is 2.25. The largest absolute Gasteiger partial charge is 0.496 e. The number of halogens is 2. The Morgan fingerprint density at radius 3 is 2.75 bits per heavy atom. The van der Waals surface area contributed by atoms with Gasteiger partial charge in [-0.1, -0.05) is 22.0 Å². The number of hydrogen-bond acceptors (Lipinski definition) is 3. The van der Waals surface area contributed by atoms with Gasteiger partial charge in [0.15, 0.2) is 0 Å². The van der Waals surface area contributed by atoms with Gasteiger partial charge in [-0.2, -0.15) is 0 Å². The summed E-state index contributed by atoms with van der Waals surface area (Å²) in [6.07, 6.45) is 1.47. The summed E-state index contributed by atoms with van der Waals surface area (Å²) in [4.78, 5) is 0. The van der Waals surface area contributed by atoms with Crippen molar-refractivity contribution in [3.8, 4) is 5.75 Å². The third kappa shape index (κ3) is 4.29. The molecule has 0 aliphatic heterocycles. The SMILES string of the molecule is COc1cc(Br)ccc1[C@H](N)CCCO.Cl. The predicted octanol–water partition coefficient (Wildman–Crippen LogP) is 2.65. The van der Waals surface area contributed by atoms with Gasteiger partial charge in [-0.15, -0.1) is 12.4 Å². The van der Waals surface area contributed by atoms with Gasteiger partial charge in [0.2, 0.25) is 0 Å². The van der Waals surface area contributed by atoms with Crippen LogP contribution in [0.15, 0.2) is 22.7 Å². The molecule has 1 aromatic rings. The molecule has 0 spiro atoms. The van der Waals surface area contributed by atoms with Gasteiger partial charge in [0, 0.05) is 22.7 Å². The second-order valence-corrected chi connectivity index (χ2v) is 4.27. The number of benzene rings is 1. The van der Waals surface area contributed by atoms with Crippen LogP contribution in [0.3, 0.4) is 0 Å². The molecule has 0 saturated carbocycles. The first-order valence-electron chi connectivity index (χ1n) is 4.89. The fourth-order valence-corrected chi connectivity index (χ4v) is 1.80. The number of methoxy groups -OCH3 is 1. The van der Waals surface area contributed by atoms with E-state index in [4.69, 9.17) is 15.6 Å². The number of aliphatic hydroxyl groups is 1. The van der Waals surface area contributed by atoms with Crippen molar-refractivity contribution >= 4 is 28.3 Å². The van der Waals surface area contributed by atoms with E-state index in [0.29, 0.717) is 6.42 Å².